The zero-order valence-electron chi connectivity index (χ0n) is 11.3. The maximum atomic E-state index is 12.1. The van der Waals surface area contributed by atoms with Gasteiger partial charge in [-0.25, -0.2) is 18.1 Å². The highest BCUT2D eigenvalue weighted by Crippen LogP contribution is 2.14. The Morgan fingerprint density at radius 1 is 1.33 bits per heavy atom. The lowest BCUT2D eigenvalue weighted by atomic mass is 10.2. The molecule has 2 aromatic rings. The van der Waals surface area contributed by atoms with E-state index in [0.29, 0.717) is 5.56 Å². The van der Waals surface area contributed by atoms with Crippen LogP contribution in [0.3, 0.4) is 0 Å². The molecule has 0 saturated heterocycles. The molecule has 2 N–H and O–H groups in total. The van der Waals surface area contributed by atoms with Gasteiger partial charge < -0.3 is 5.11 Å². The largest absolute Gasteiger partial charge is 0.384 e. The van der Waals surface area contributed by atoms with Gasteiger partial charge in [0, 0.05) is 16.6 Å². The van der Waals surface area contributed by atoms with Gasteiger partial charge in [0.25, 0.3) is 0 Å². The number of thiazole rings is 1. The zero-order chi connectivity index (χ0) is 15.3. The van der Waals surface area contributed by atoms with Gasteiger partial charge in [0.1, 0.15) is 11.6 Å². The number of nitrogens with one attached hydrogen (secondary N) is 1. The second-order valence-corrected chi connectivity index (χ2v) is 7.26. The predicted octanol–water partition coefficient (Wildman–Crippen LogP) is 1.27. The molecule has 1 heterocycles. The number of hydrogen-bond donors (Lipinski definition) is 2. The van der Waals surface area contributed by atoms with Crippen molar-refractivity contribution in [2.75, 3.05) is 6.61 Å². The summed E-state index contributed by atoms with van der Waals surface area (Å²) in [6.45, 7) is 1.86. The van der Waals surface area contributed by atoms with Crippen molar-refractivity contribution < 1.29 is 13.5 Å². The van der Waals surface area contributed by atoms with Crippen molar-refractivity contribution in [2.24, 2.45) is 0 Å². The highest BCUT2D eigenvalue weighted by molar-refractivity contribution is 7.89. The van der Waals surface area contributed by atoms with Crippen LogP contribution in [-0.2, 0) is 16.6 Å². The SMILES string of the molecule is Cc1cnc(CNS(=O)(=O)c2ccc(C#CCO)cc2)s1. The molecule has 0 fully saturated rings. The fraction of sp³-hybridized carbons (Fsp3) is 0.214. The maximum Gasteiger partial charge on any atom is 0.240 e. The van der Waals surface area contributed by atoms with Crippen LogP contribution in [0, 0.1) is 18.8 Å². The normalized spacial score (nSPS) is 11.0. The Bertz CT molecular complexity index is 769. The highest BCUT2D eigenvalue weighted by atomic mass is 32.2. The van der Waals surface area contributed by atoms with E-state index in [1.807, 2.05) is 6.92 Å². The monoisotopic (exact) mass is 322 g/mol. The van der Waals surface area contributed by atoms with Gasteiger partial charge in [0.2, 0.25) is 10.0 Å². The molecule has 110 valence electrons. The van der Waals surface area contributed by atoms with E-state index >= 15 is 0 Å². The van der Waals surface area contributed by atoms with Crippen LogP contribution in [-0.4, -0.2) is 25.1 Å². The van der Waals surface area contributed by atoms with Crippen molar-refractivity contribution in [3.05, 3.63) is 45.9 Å². The van der Waals surface area contributed by atoms with E-state index in [1.165, 1.54) is 23.5 Å². The van der Waals surface area contributed by atoms with Gasteiger partial charge in [-0.1, -0.05) is 11.8 Å². The minimum Gasteiger partial charge on any atom is -0.384 e. The average Bonchev–Trinajstić information content (AvgIpc) is 2.89. The van der Waals surface area contributed by atoms with Crippen LogP contribution in [0.2, 0.25) is 0 Å². The van der Waals surface area contributed by atoms with Gasteiger partial charge in [0.05, 0.1) is 11.4 Å². The van der Waals surface area contributed by atoms with Gasteiger partial charge in [-0.3, -0.25) is 0 Å². The lowest BCUT2D eigenvalue weighted by Gasteiger charge is -2.05. The number of aliphatic hydroxyl groups excluding tert-OH is 1. The molecule has 0 radical (unpaired) electrons. The van der Waals surface area contributed by atoms with Gasteiger partial charge in [-0.15, -0.1) is 11.3 Å². The van der Waals surface area contributed by atoms with Gasteiger partial charge in [-0.2, -0.15) is 0 Å². The molecule has 0 atom stereocenters. The minimum absolute atomic E-state index is 0.172. The first-order valence-electron chi connectivity index (χ1n) is 6.12. The summed E-state index contributed by atoms with van der Waals surface area (Å²) < 4.78 is 26.8. The molecule has 0 saturated carbocycles. The van der Waals surface area contributed by atoms with E-state index in [0.717, 1.165) is 9.88 Å². The van der Waals surface area contributed by atoms with Crippen LogP contribution in [0.5, 0.6) is 0 Å². The summed E-state index contributed by atoms with van der Waals surface area (Å²) in [4.78, 5) is 5.32. The van der Waals surface area contributed by atoms with Crippen molar-refractivity contribution in [2.45, 2.75) is 18.4 Å². The lowest BCUT2D eigenvalue weighted by Crippen LogP contribution is -2.23. The summed E-state index contributed by atoms with van der Waals surface area (Å²) in [6, 6.07) is 6.17. The van der Waals surface area contributed by atoms with Gasteiger partial charge in [-0.05, 0) is 31.2 Å². The molecule has 0 bridgehead atoms. The number of nitrogens with zero attached hydrogens (tertiary/aromatic N) is 1. The maximum absolute atomic E-state index is 12.1. The Morgan fingerprint density at radius 3 is 2.62 bits per heavy atom. The molecule has 0 amide bonds. The first-order chi connectivity index (χ1) is 10.0. The first-order valence-corrected chi connectivity index (χ1v) is 8.42. The van der Waals surface area contributed by atoms with Crippen LogP contribution in [0.1, 0.15) is 15.4 Å². The van der Waals surface area contributed by atoms with Crippen molar-refractivity contribution in [1.82, 2.24) is 9.71 Å². The topological polar surface area (TPSA) is 79.3 Å². The Morgan fingerprint density at radius 2 is 2.05 bits per heavy atom. The first kappa shape index (κ1) is 15.7. The second kappa shape index (κ2) is 6.83. The third-order valence-corrected chi connectivity index (χ3v) is 4.89. The summed E-state index contributed by atoms with van der Waals surface area (Å²) in [5, 5.41) is 9.33. The molecular formula is C14H14N2O3S2. The Hall–Kier alpha value is -1.72. The zero-order valence-corrected chi connectivity index (χ0v) is 13.0. The molecule has 7 heteroatoms. The van der Waals surface area contributed by atoms with Crippen LogP contribution >= 0.6 is 11.3 Å². The lowest BCUT2D eigenvalue weighted by molar-refractivity contribution is 0.350. The molecule has 0 unspecified atom stereocenters. The third-order valence-electron chi connectivity index (χ3n) is 2.56. The third kappa shape index (κ3) is 4.37. The molecule has 1 aromatic heterocycles. The van der Waals surface area contributed by atoms with Crippen molar-refractivity contribution >= 4 is 21.4 Å². The molecule has 0 aliphatic rings. The van der Waals surface area contributed by atoms with Crippen LogP contribution in [0.15, 0.2) is 35.4 Å². The summed E-state index contributed by atoms with van der Waals surface area (Å²) in [6.07, 6.45) is 1.71. The van der Waals surface area contributed by atoms with Gasteiger partial charge in [0.15, 0.2) is 0 Å². The number of sulfonamides is 1. The second-order valence-electron chi connectivity index (χ2n) is 4.17. The predicted molar refractivity (Wildman–Crippen MR) is 81.3 cm³/mol. The van der Waals surface area contributed by atoms with Gasteiger partial charge >= 0.3 is 0 Å². The molecule has 0 aliphatic heterocycles. The standard InChI is InChI=1S/C14H14N2O3S2/c1-11-9-15-14(20-11)10-16-21(18,19)13-6-4-12(5-7-13)3-2-8-17/h4-7,9,16-17H,8,10H2,1H3. The summed E-state index contributed by atoms with van der Waals surface area (Å²) in [5.74, 6) is 5.22. The van der Waals surface area contributed by atoms with E-state index in [4.69, 9.17) is 5.11 Å². The van der Waals surface area contributed by atoms with E-state index in [9.17, 15) is 8.42 Å². The minimum atomic E-state index is -3.57. The van der Waals surface area contributed by atoms with Crippen LogP contribution in [0.25, 0.3) is 0 Å². The fourth-order valence-electron chi connectivity index (χ4n) is 1.58. The Balaban J connectivity index is 2.08. The van der Waals surface area contributed by atoms with E-state index in [-0.39, 0.29) is 18.0 Å². The quantitative estimate of drug-likeness (QED) is 0.831. The summed E-state index contributed by atoms with van der Waals surface area (Å²) in [7, 11) is -3.57. The van der Waals surface area contributed by atoms with Crippen molar-refractivity contribution in [3.8, 4) is 11.8 Å². The number of aliphatic hydroxyl groups is 1. The number of aromatic nitrogens is 1. The Labute approximate surface area is 127 Å². The molecule has 0 aliphatic carbocycles. The molecule has 0 spiro atoms. The van der Waals surface area contributed by atoms with E-state index in [1.54, 1.807) is 18.3 Å². The number of hydrogen-bond acceptors (Lipinski definition) is 5. The average molecular weight is 322 g/mol. The molecule has 1 aromatic carbocycles. The molecule has 2 rings (SSSR count). The molecule has 21 heavy (non-hydrogen) atoms. The van der Waals surface area contributed by atoms with Crippen molar-refractivity contribution in [1.29, 1.82) is 0 Å². The van der Waals surface area contributed by atoms with Crippen LogP contribution < -0.4 is 4.72 Å². The van der Waals surface area contributed by atoms with Crippen molar-refractivity contribution in [3.63, 3.8) is 0 Å². The number of aryl methyl sites for hydroxylation is 1. The van der Waals surface area contributed by atoms with Crippen LogP contribution in [0.4, 0.5) is 0 Å². The highest BCUT2D eigenvalue weighted by Gasteiger charge is 2.14. The smallest absolute Gasteiger partial charge is 0.240 e. The summed E-state index contributed by atoms with van der Waals surface area (Å²) >= 11 is 1.46. The van der Waals surface area contributed by atoms with E-state index < -0.39 is 10.0 Å². The van der Waals surface area contributed by atoms with E-state index in [2.05, 4.69) is 21.5 Å². The number of rotatable bonds is 4. The summed E-state index contributed by atoms with van der Waals surface area (Å²) in [5.41, 5.74) is 0.651. The molecule has 5 nitrogen and oxygen atoms in total. The molecular weight excluding hydrogens is 308 g/mol. The Kier molecular flexibility index (Phi) is 5.09. The fourth-order valence-corrected chi connectivity index (χ4v) is 3.39. The number of benzene rings is 1.